The summed E-state index contributed by atoms with van der Waals surface area (Å²) in [7, 11) is 0. The monoisotopic (exact) mass is 495 g/mol. The zero-order valence-electron chi connectivity index (χ0n) is 21.4. The van der Waals surface area contributed by atoms with Crippen LogP contribution in [-0.4, -0.2) is 42.4 Å². The van der Waals surface area contributed by atoms with Crippen molar-refractivity contribution in [3.63, 3.8) is 0 Å². The van der Waals surface area contributed by atoms with Gasteiger partial charge in [-0.3, -0.25) is 19.4 Å². The van der Waals surface area contributed by atoms with Crippen LogP contribution >= 0.6 is 0 Å². The number of benzene rings is 3. The SMILES string of the molecule is CCN1CCC[C@@H]1CNC(=O)c1ccc(/C=C2/Oc3ccccc3N(Cc3ccc(C)cc3)C2=O)cc1. The molecular weight excluding hydrogens is 462 g/mol. The number of likely N-dealkylation sites (N-methyl/N-ethyl adjacent to an activating group) is 1. The molecule has 3 aromatic rings. The Hall–Kier alpha value is -3.90. The Morgan fingerprint density at radius 2 is 1.81 bits per heavy atom. The molecule has 1 N–H and O–H groups in total. The van der Waals surface area contributed by atoms with Crippen molar-refractivity contribution in [3.05, 3.63) is 101 Å². The number of carbonyl (C=O) groups excluding carboxylic acids is 2. The van der Waals surface area contributed by atoms with Crippen LogP contribution in [0.3, 0.4) is 0 Å². The largest absolute Gasteiger partial charge is 0.449 e. The van der Waals surface area contributed by atoms with Crippen LogP contribution in [0, 0.1) is 6.92 Å². The van der Waals surface area contributed by atoms with Gasteiger partial charge in [0.1, 0.15) is 0 Å². The Kier molecular flexibility index (Phi) is 7.37. The number of amides is 2. The van der Waals surface area contributed by atoms with Crippen LogP contribution in [0.1, 0.15) is 46.8 Å². The van der Waals surface area contributed by atoms with Crippen molar-refractivity contribution in [2.24, 2.45) is 0 Å². The summed E-state index contributed by atoms with van der Waals surface area (Å²) in [6.07, 6.45) is 4.05. The number of ether oxygens (including phenoxy) is 1. The number of carbonyl (C=O) groups is 2. The lowest BCUT2D eigenvalue weighted by atomic mass is 10.1. The first-order valence-corrected chi connectivity index (χ1v) is 13.0. The average molecular weight is 496 g/mol. The maximum Gasteiger partial charge on any atom is 0.294 e. The summed E-state index contributed by atoms with van der Waals surface area (Å²) in [5.41, 5.74) is 4.37. The third-order valence-corrected chi connectivity index (χ3v) is 7.17. The number of nitrogens with zero attached hydrogens (tertiary/aromatic N) is 2. The van der Waals surface area contributed by atoms with Crippen molar-refractivity contribution in [1.82, 2.24) is 10.2 Å². The van der Waals surface area contributed by atoms with Crippen molar-refractivity contribution in [3.8, 4) is 5.75 Å². The second-order valence-electron chi connectivity index (χ2n) is 9.71. The van der Waals surface area contributed by atoms with E-state index in [1.54, 1.807) is 23.1 Å². The summed E-state index contributed by atoms with van der Waals surface area (Å²) in [4.78, 5) is 30.3. The van der Waals surface area contributed by atoms with Gasteiger partial charge in [-0.2, -0.15) is 0 Å². The minimum Gasteiger partial charge on any atom is -0.449 e. The molecule has 3 aromatic carbocycles. The minimum atomic E-state index is -0.196. The van der Waals surface area contributed by atoms with Gasteiger partial charge in [0.25, 0.3) is 11.8 Å². The summed E-state index contributed by atoms with van der Waals surface area (Å²) in [6, 6.07) is 23.4. The Morgan fingerprint density at radius 1 is 1.05 bits per heavy atom. The van der Waals surface area contributed by atoms with Gasteiger partial charge in [-0.1, -0.05) is 61.0 Å². The molecule has 1 atom stereocenters. The van der Waals surface area contributed by atoms with Crippen LogP contribution in [0.15, 0.2) is 78.6 Å². The van der Waals surface area contributed by atoms with Crippen LogP contribution in [0.4, 0.5) is 5.69 Å². The molecule has 1 saturated heterocycles. The fourth-order valence-corrected chi connectivity index (χ4v) is 5.03. The lowest BCUT2D eigenvalue weighted by Gasteiger charge is -2.30. The topological polar surface area (TPSA) is 61.9 Å². The van der Waals surface area contributed by atoms with Gasteiger partial charge in [0.2, 0.25) is 0 Å². The summed E-state index contributed by atoms with van der Waals surface area (Å²) in [6.45, 7) is 7.44. The van der Waals surface area contributed by atoms with E-state index in [9.17, 15) is 9.59 Å². The summed E-state index contributed by atoms with van der Waals surface area (Å²) in [5, 5.41) is 3.07. The summed E-state index contributed by atoms with van der Waals surface area (Å²) >= 11 is 0. The maximum atomic E-state index is 13.5. The van der Waals surface area contributed by atoms with Crippen LogP contribution in [0.2, 0.25) is 0 Å². The number of para-hydroxylation sites is 2. The molecular formula is C31H33N3O3. The molecule has 0 saturated carbocycles. The quantitative estimate of drug-likeness (QED) is 0.459. The van der Waals surface area contributed by atoms with Crippen LogP contribution < -0.4 is 15.0 Å². The fourth-order valence-electron chi connectivity index (χ4n) is 5.03. The molecule has 6 nitrogen and oxygen atoms in total. The molecule has 2 aliphatic heterocycles. The number of fused-ring (bicyclic) bond motifs is 1. The van der Waals surface area contributed by atoms with Crippen molar-refractivity contribution in [2.75, 3.05) is 24.5 Å². The minimum absolute atomic E-state index is 0.0784. The average Bonchev–Trinajstić information content (AvgIpc) is 3.39. The molecule has 2 heterocycles. The fraction of sp³-hybridized carbons (Fsp3) is 0.290. The second kappa shape index (κ2) is 11.0. The highest BCUT2D eigenvalue weighted by molar-refractivity contribution is 6.09. The Morgan fingerprint density at radius 3 is 2.57 bits per heavy atom. The van der Waals surface area contributed by atoms with E-state index in [0.717, 1.165) is 36.3 Å². The zero-order chi connectivity index (χ0) is 25.8. The molecule has 0 aromatic heterocycles. The molecule has 0 unspecified atom stereocenters. The zero-order valence-corrected chi connectivity index (χ0v) is 21.4. The van der Waals surface area contributed by atoms with E-state index in [2.05, 4.69) is 17.1 Å². The Bertz CT molecular complexity index is 1300. The lowest BCUT2D eigenvalue weighted by Crippen LogP contribution is -2.40. The van der Waals surface area contributed by atoms with E-state index in [-0.39, 0.29) is 17.6 Å². The van der Waals surface area contributed by atoms with Crippen LogP contribution in [0.25, 0.3) is 6.08 Å². The van der Waals surface area contributed by atoms with Crippen LogP contribution in [-0.2, 0) is 11.3 Å². The van der Waals surface area contributed by atoms with E-state index in [0.29, 0.717) is 30.4 Å². The molecule has 2 aliphatic rings. The molecule has 37 heavy (non-hydrogen) atoms. The van der Waals surface area contributed by atoms with E-state index in [1.165, 1.54) is 12.0 Å². The molecule has 0 bridgehead atoms. The number of aryl methyl sites for hydroxylation is 1. The lowest BCUT2D eigenvalue weighted by molar-refractivity contribution is -0.117. The first-order chi connectivity index (χ1) is 18.0. The molecule has 0 spiro atoms. The molecule has 2 amide bonds. The highest BCUT2D eigenvalue weighted by Crippen LogP contribution is 2.36. The van der Waals surface area contributed by atoms with E-state index >= 15 is 0 Å². The van der Waals surface area contributed by atoms with E-state index in [4.69, 9.17) is 4.74 Å². The number of rotatable bonds is 7. The Labute approximate surface area is 218 Å². The summed E-state index contributed by atoms with van der Waals surface area (Å²) < 4.78 is 6.02. The standard InChI is InChI=1S/C31H33N3O3/c1-3-33-18-6-7-26(33)20-32-30(35)25-16-14-23(15-17-25)19-29-31(36)34(21-24-12-10-22(2)11-13-24)27-8-4-5-9-28(27)37-29/h4-5,8-17,19,26H,3,6-7,18,20-21H2,1-2H3,(H,32,35)/b29-19+/t26-/m1/s1. The second-order valence-corrected chi connectivity index (χ2v) is 9.71. The van der Waals surface area contributed by atoms with Gasteiger partial charge < -0.3 is 10.1 Å². The molecule has 0 aliphatic carbocycles. The first kappa shape index (κ1) is 24.8. The molecule has 6 heteroatoms. The number of hydrogen-bond acceptors (Lipinski definition) is 4. The molecule has 190 valence electrons. The number of hydrogen-bond donors (Lipinski definition) is 1. The summed E-state index contributed by atoms with van der Waals surface area (Å²) in [5.74, 6) is 0.622. The predicted octanol–water partition coefficient (Wildman–Crippen LogP) is 5.18. The van der Waals surface area contributed by atoms with Crippen LogP contribution in [0.5, 0.6) is 5.75 Å². The molecule has 1 fully saturated rings. The Balaban J connectivity index is 1.31. The molecule has 5 rings (SSSR count). The molecule has 0 radical (unpaired) electrons. The van der Waals surface area contributed by atoms with Gasteiger partial charge in [0, 0.05) is 18.2 Å². The van der Waals surface area contributed by atoms with Crippen molar-refractivity contribution < 1.29 is 14.3 Å². The van der Waals surface area contributed by atoms with Crippen molar-refractivity contribution in [2.45, 2.75) is 39.3 Å². The third kappa shape index (κ3) is 5.59. The van der Waals surface area contributed by atoms with Gasteiger partial charge in [-0.15, -0.1) is 0 Å². The number of anilines is 1. The van der Waals surface area contributed by atoms with Gasteiger partial charge in [0.05, 0.1) is 12.2 Å². The maximum absolute atomic E-state index is 13.5. The number of nitrogens with one attached hydrogen (secondary N) is 1. The smallest absolute Gasteiger partial charge is 0.294 e. The van der Waals surface area contributed by atoms with Gasteiger partial charge in [0.15, 0.2) is 11.5 Å². The number of likely N-dealkylation sites (tertiary alicyclic amines) is 1. The first-order valence-electron chi connectivity index (χ1n) is 13.0. The third-order valence-electron chi connectivity index (χ3n) is 7.17. The van der Waals surface area contributed by atoms with E-state index < -0.39 is 0 Å². The van der Waals surface area contributed by atoms with Gasteiger partial charge in [-0.05, 0) is 74.3 Å². The van der Waals surface area contributed by atoms with Gasteiger partial charge in [-0.25, -0.2) is 0 Å². The highest BCUT2D eigenvalue weighted by Gasteiger charge is 2.30. The van der Waals surface area contributed by atoms with Gasteiger partial charge >= 0.3 is 0 Å². The van der Waals surface area contributed by atoms with Crippen molar-refractivity contribution in [1.29, 1.82) is 0 Å². The predicted molar refractivity (Wildman–Crippen MR) is 146 cm³/mol. The van der Waals surface area contributed by atoms with E-state index in [1.807, 2.05) is 67.6 Å². The normalized spacial score (nSPS) is 18.5. The highest BCUT2D eigenvalue weighted by atomic mass is 16.5. The van der Waals surface area contributed by atoms with Crippen molar-refractivity contribution >= 4 is 23.6 Å².